The van der Waals surface area contributed by atoms with Crippen molar-refractivity contribution in [3.05, 3.63) is 106 Å². The third-order valence-corrected chi connectivity index (χ3v) is 5.63. The molecule has 8 heteroatoms. The summed E-state index contributed by atoms with van der Waals surface area (Å²) in [6.07, 6.45) is 0. The second-order valence-electron chi connectivity index (χ2n) is 7.89. The minimum atomic E-state index is -0.825. The maximum absolute atomic E-state index is 10.9. The van der Waals surface area contributed by atoms with E-state index in [9.17, 15) is 10.1 Å². The minimum absolute atomic E-state index is 0.0245. The first-order chi connectivity index (χ1) is 15.9. The van der Waals surface area contributed by atoms with Gasteiger partial charge in [0, 0.05) is 31.5 Å². The number of likely N-dealkylation sites (N-methyl/N-ethyl adjacent to an activating group) is 1. The van der Waals surface area contributed by atoms with Gasteiger partial charge in [-0.05, 0) is 49.6 Å². The standard InChI is InChI=1S/C25H28N4O3S/c1-28(2)18-23(27-24(33)26-21-14-16-22(17-15-21)29(30)31)25(32-3,19-10-6-4-7-11-19)20-12-8-5-9-13-20/h4-17,23H,18H2,1-3H3,(H2,26,27,33)/t23-/m1/s1. The zero-order valence-corrected chi connectivity index (χ0v) is 19.7. The van der Waals surface area contributed by atoms with Gasteiger partial charge in [-0.2, -0.15) is 0 Å². The number of benzene rings is 3. The molecule has 0 spiro atoms. The molecule has 1 atom stereocenters. The number of non-ortho nitro benzene ring substituents is 1. The van der Waals surface area contributed by atoms with E-state index in [-0.39, 0.29) is 11.7 Å². The van der Waals surface area contributed by atoms with Crippen LogP contribution in [0.4, 0.5) is 11.4 Å². The highest BCUT2D eigenvalue weighted by Crippen LogP contribution is 2.37. The van der Waals surface area contributed by atoms with Crippen LogP contribution in [-0.4, -0.2) is 48.7 Å². The van der Waals surface area contributed by atoms with Crippen molar-refractivity contribution < 1.29 is 9.66 Å². The van der Waals surface area contributed by atoms with Crippen LogP contribution in [0.3, 0.4) is 0 Å². The molecule has 0 aliphatic rings. The lowest BCUT2D eigenvalue weighted by atomic mass is 9.79. The number of hydrogen-bond acceptors (Lipinski definition) is 5. The van der Waals surface area contributed by atoms with Crippen LogP contribution in [0.5, 0.6) is 0 Å². The second-order valence-corrected chi connectivity index (χ2v) is 8.30. The Morgan fingerprint density at radius 2 is 1.52 bits per heavy atom. The molecular formula is C25H28N4O3S. The zero-order chi connectivity index (χ0) is 23.8. The monoisotopic (exact) mass is 464 g/mol. The summed E-state index contributed by atoms with van der Waals surface area (Å²) < 4.78 is 6.31. The molecule has 0 bridgehead atoms. The summed E-state index contributed by atoms with van der Waals surface area (Å²) in [5.74, 6) is 0. The SMILES string of the molecule is COC(c1ccccc1)(c1ccccc1)[C@@H](CN(C)C)NC(=S)Nc1ccc([N+](=O)[O-])cc1. The molecule has 172 valence electrons. The van der Waals surface area contributed by atoms with Crippen molar-refractivity contribution in [1.29, 1.82) is 0 Å². The molecule has 0 aromatic heterocycles. The van der Waals surface area contributed by atoms with E-state index in [2.05, 4.69) is 15.5 Å². The smallest absolute Gasteiger partial charge is 0.269 e. The van der Waals surface area contributed by atoms with Gasteiger partial charge >= 0.3 is 0 Å². The Kier molecular flexibility index (Phi) is 8.11. The number of anilines is 1. The lowest BCUT2D eigenvalue weighted by Gasteiger charge is -2.42. The van der Waals surface area contributed by atoms with E-state index in [1.54, 1.807) is 19.2 Å². The summed E-state index contributed by atoms with van der Waals surface area (Å²) in [4.78, 5) is 12.6. The molecule has 0 aliphatic carbocycles. The number of methoxy groups -OCH3 is 1. The lowest BCUT2D eigenvalue weighted by molar-refractivity contribution is -0.384. The van der Waals surface area contributed by atoms with Gasteiger partial charge in [0.2, 0.25) is 0 Å². The average Bonchev–Trinajstić information content (AvgIpc) is 2.81. The topological polar surface area (TPSA) is 79.7 Å². The molecule has 0 fully saturated rings. The van der Waals surface area contributed by atoms with E-state index in [1.807, 2.05) is 74.8 Å². The number of rotatable bonds is 9. The predicted molar refractivity (Wildman–Crippen MR) is 135 cm³/mol. The van der Waals surface area contributed by atoms with E-state index < -0.39 is 10.5 Å². The summed E-state index contributed by atoms with van der Waals surface area (Å²) in [5, 5.41) is 17.9. The third-order valence-electron chi connectivity index (χ3n) is 5.41. The fourth-order valence-electron chi connectivity index (χ4n) is 3.95. The van der Waals surface area contributed by atoms with Crippen LogP contribution in [0, 0.1) is 10.1 Å². The van der Waals surface area contributed by atoms with Gasteiger partial charge in [-0.15, -0.1) is 0 Å². The molecular weight excluding hydrogens is 436 g/mol. The molecule has 0 saturated carbocycles. The van der Waals surface area contributed by atoms with Crippen molar-refractivity contribution in [3.8, 4) is 0 Å². The van der Waals surface area contributed by atoms with Gasteiger partial charge in [-0.3, -0.25) is 10.1 Å². The Balaban J connectivity index is 1.97. The van der Waals surface area contributed by atoms with E-state index in [0.29, 0.717) is 17.3 Å². The van der Waals surface area contributed by atoms with Crippen LogP contribution in [0.1, 0.15) is 11.1 Å². The molecule has 33 heavy (non-hydrogen) atoms. The summed E-state index contributed by atoms with van der Waals surface area (Å²) in [6.45, 7) is 0.625. The summed E-state index contributed by atoms with van der Waals surface area (Å²) >= 11 is 5.64. The van der Waals surface area contributed by atoms with Gasteiger partial charge in [0.25, 0.3) is 5.69 Å². The normalized spacial score (nSPS) is 12.2. The largest absolute Gasteiger partial charge is 0.367 e. The first-order valence-electron chi connectivity index (χ1n) is 10.5. The highest BCUT2D eigenvalue weighted by molar-refractivity contribution is 7.80. The Labute approximate surface area is 199 Å². The third kappa shape index (κ3) is 5.73. The van der Waals surface area contributed by atoms with Crippen molar-refractivity contribution in [2.24, 2.45) is 0 Å². The van der Waals surface area contributed by atoms with Crippen molar-refractivity contribution in [2.75, 3.05) is 33.1 Å². The lowest BCUT2D eigenvalue weighted by Crippen LogP contribution is -2.57. The Bertz CT molecular complexity index is 1020. The fraction of sp³-hybridized carbons (Fsp3) is 0.240. The summed E-state index contributed by atoms with van der Waals surface area (Å²) in [5.41, 5.74) is 1.85. The molecule has 7 nitrogen and oxygen atoms in total. The number of thiocarbonyl (C=S) groups is 1. The van der Waals surface area contributed by atoms with Crippen LogP contribution in [0.25, 0.3) is 0 Å². The van der Waals surface area contributed by atoms with E-state index in [4.69, 9.17) is 17.0 Å². The van der Waals surface area contributed by atoms with Crippen molar-refractivity contribution in [2.45, 2.75) is 11.6 Å². The van der Waals surface area contributed by atoms with Crippen molar-refractivity contribution >= 4 is 28.7 Å². The van der Waals surface area contributed by atoms with Gasteiger partial charge < -0.3 is 20.3 Å². The molecule has 0 amide bonds. The molecule has 3 aromatic carbocycles. The minimum Gasteiger partial charge on any atom is -0.367 e. The van der Waals surface area contributed by atoms with Crippen LogP contribution in [0.15, 0.2) is 84.9 Å². The molecule has 3 rings (SSSR count). The second kappa shape index (κ2) is 11.0. The summed E-state index contributed by atoms with van der Waals surface area (Å²) in [7, 11) is 5.70. The predicted octanol–water partition coefficient (Wildman–Crippen LogP) is 4.40. The van der Waals surface area contributed by atoms with Gasteiger partial charge in [0.05, 0.1) is 11.0 Å². The zero-order valence-electron chi connectivity index (χ0n) is 18.9. The number of ether oxygens (including phenoxy) is 1. The number of nitro benzene ring substituents is 1. The van der Waals surface area contributed by atoms with Gasteiger partial charge in [0.1, 0.15) is 5.60 Å². The molecule has 3 aromatic rings. The highest BCUT2D eigenvalue weighted by atomic mass is 32.1. The molecule has 0 unspecified atom stereocenters. The van der Waals surface area contributed by atoms with E-state index in [1.165, 1.54) is 12.1 Å². The number of nitro groups is 1. The van der Waals surface area contributed by atoms with Gasteiger partial charge in [0.15, 0.2) is 5.11 Å². The Hall–Kier alpha value is -3.33. The van der Waals surface area contributed by atoms with Gasteiger partial charge in [-0.25, -0.2) is 0 Å². The molecule has 2 N–H and O–H groups in total. The molecule has 0 radical (unpaired) electrons. The average molecular weight is 465 g/mol. The maximum atomic E-state index is 10.9. The van der Waals surface area contributed by atoms with Crippen LogP contribution in [0.2, 0.25) is 0 Å². The fourth-order valence-corrected chi connectivity index (χ4v) is 4.21. The molecule has 0 aliphatic heterocycles. The van der Waals surface area contributed by atoms with Gasteiger partial charge in [-0.1, -0.05) is 60.7 Å². The molecule has 0 heterocycles. The van der Waals surface area contributed by atoms with Crippen LogP contribution >= 0.6 is 12.2 Å². The van der Waals surface area contributed by atoms with E-state index in [0.717, 1.165) is 11.1 Å². The Morgan fingerprint density at radius 1 is 1.00 bits per heavy atom. The van der Waals surface area contributed by atoms with Crippen LogP contribution < -0.4 is 10.6 Å². The number of nitrogens with one attached hydrogen (secondary N) is 2. The Morgan fingerprint density at radius 3 is 1.94 bits per heavy atom. The first kappa shape index (κ1) is 24.3. The maximum Gasteiger partial charge on any atom is 0.269 e. The first-order valence-corrected chi connectivity index (χ1v) is 10.9. The van der Waals surface area contributed by atoms with Crippen molar-refractivity contribution in [1.82, 2.24) is 10.2 Å². The van der Waals surface area contributed by atoms with E-state index >= 15 is 0 Å². The highest BCUT2D eigenvalue weighted by Gasteiger charge is 2.43. The number of nitrogens with zero attached hydrogens (tertiary/aromatic N) is 2. The summed E-state index contributed by atoms with van der Waals surface area (Å²) in [6, 6.07) is 26.0. The quantitative estimate of drug-likeness (QED) is 0.276. The molecule has 0 saturated heterocycles. The van der Waals surface area contributed by atoms with Crippen molar-refractivity contribution in [3.63, 3.8) is 0 Å². The van der Waals surface area contributed by atoms with Crippen LogP contribution in [-0.2, 0) is 10.3 Å². The number of hydrogen-bond donors (Lipinski definition) is 2.